The number of carbonyl (C=O) groups is 1. The number of ether oxygens (including phenoxy) is 1. The maximum absolute atomic E-state index is 12.7. The van der Waals surface area contributed by atoms with Gasteiger partial charge in [0.05, 0.1) is 12.7 Å². The van der Waals surface area contributed by atoms with Crippen LogP contribution in [-0.4, -0.2) is 54.0 Å². The average Bonchev–Trinajstić information content (AvgIpc) is 2.74. The Morgan fingerprint density at radius 3 is 2.52 bits per heavy atom. The topological polar surface area (TPSA) is 45.7 Å². The van der Waals surface area contributed by atoms with Gasteiger partial charge in [-0.3, -0.25) is 9.69 Å². The first-order chi connectivity index (χ1) is 13.2. The maximum Gasteiger partial charge on any atom is 0.255 e. The minimum Gasteiger partial charge on any atom is -0.481 e. The smallest absolute Gasteiger partial charge is 0.255 e. The van der Waals surface area contributed by atoms with Crippen LogP contribution in [-0.2, 0) is 6.54 Å². The van der Waals surface area contributed by atoms with Gasteiger partial charge in [0.15, 0.2) is 0 Å². The number of methoxy groups -OCH3 is 1. The molecule has 1 aliphatic rings. The van der Waals surface area contributed by atoms with Crippen molar-refractivity contribution in [3.63, 3.8) is 0 Å². The number of aromatic nitrogens is 1. The van der Waals surface area contributed by atoms with Crippen LogP contribution in [0.15, 0.2) is 60.8 Å². The van der Waals surface area contributed by atoms with E-state index in [2.05, 4.69) is 52.3 Å². The van der Waals surface area contributed by atoms with E-state index in [1.807, 2.05) is 4.90 Å². The summed E-state index contributed by atoms with van der Waals surface area (Å²) in [7, 11) is 1.57. The number of hydrogen-bond donors (Lipinski definition) is 0. The Bertz CT molecular complexity index is 926. The van der Waals surface area contributed by atoms with Crippen LogP contribution in [0, 0.1) is 0 Å². The van der Waals surface area contributed by atoms with Crippen LogP contribution in [0.1, 0.15) is 15.9 Å². The van der Waals surface area contributed by atoms with Crippen molar-refractivity contribution in [2.24, 2.45) is 0 Å². The fourth-order valence-corrected chi connectivity index (χ4v) is 3.59. The molecule has 138 valence electrons. The Balaban J connectivity index is 1.39. The van der Waals surface area contributed by atoms with Gasteiger partial charge in [0, 0.05) is 45.0 Å². The number of benzene rings is 2. The van der Waals surface area contributed by atoms with Crippen molar-refractivity contribution in [3.8, 4) is 5.88 Å². The van der Waals surface area contributed by atoms with Gasteiger partial charge in [0.25, 0.3) is 5.91 Å². The van der Waals surface area contributed by atoms with Gasteiger partial charge < -0.3 is 9.64 Å². The van der Waals surface area contributed by atoms with E-state index in [1.165, 1.54) is 16.3 Å². The lowest BCUT2D eigenvalue weighted by Gasteiger charge is -2.35. The summed E-state index contributed by atoms with van der Waals surface area (Å²) < 4.78 is 5.05. The van der Waals surface area contributed by atoms with Crippen molar-refractivity contribution >= 4 is 16.7 Å². The van der Waals surface area contributed by atoms with E-state index in [0.717, 1.165) is 32.7 Å². The Hall–Kier alpha value is -2.92. The molecule has 0 atom stereocenters. The lowest BCUT2D eigenvalue weighted by Crippen LogP contribution is -2.48. The Labute approximate surface area is 159 Å². The number of piperazine rings is 1. The maximum atomic E-state index is 12.7. The molecule has 1 saturated heterocycles. The van der Waals surface area contributed by atoms with E-state index in [9.17, 15) is 4.79 Å². The molecule has 0 spiro atoms. The Morgan fingerprint density at radius 2 is 1.78 bits per heavy atom. The summed E-state index contributed by atoms with van der Waals surface area (Å²) >= 11 is 0. The molecular formula is C22H23N3O2. The van der Waals surface area contributed by atoms with Gasteiger partial charge in [-0.2, -0.15) is 0 Å². The highest BCUT2D eigenvalue weighted by molar-refractivity contribution is 5.94. The first kappa shape index (κ1) is 17.5. The van der Waals surface area contributed by atoms with Crippen molar-refractivity contribution in [2.45, 2.75) is 6.54 Å². The molecule has 2 heterocycles. The predicted octanol–water partition coefficient (Wildman–Crippen LogP) is 3.20. The van der Waals surface area contributed by atoms with Crippen molar-refractivity contribution in [3.05, 3.63) is 71.9 Å². The second-order valence-electron chi connectivity index (χ2n) is 6.80. The summed E-state index contributed by atoms with van der Waals surface area (Å²) in [6.45, 7) is 4.12. The van der Waals surface area contributed by atoms with Gasteiger partial charge in [-0.25, -0.2) is 4.98 Å². The van der Waals surface area contributed by atoms with Crippen LogP contribution in [0.4, 0.5) is 0 Å². The minimum atomic E-state index is 0.0370. The van der Waals surface area contributed by atoms with E-state index in [4.69, 9.17) is 4.74 Å². The first-order valence-electron chi connectivity index (χ1n) is 9.23. The zero-order chi connectivity index (χ0) is 18.6. The quantitative estimate of drug-likeness (QED) is 0.716. The molecule has 1 aliphatic heterocycles. The Morgan fingerprint density at radius 1 is 1.00 bits per heavy atom. The molecule has 3 aromatic rings. The summed E-state index contributed by atoms with van der Waals surface area (Å²) in [4.78, 5) is 21.1. The molecule has 0 aliphatic carbocycles. The van der Waals surface area contributed by atoms with Crippen LogP contribution in [0.3, 0.4) is 0 Å². The molecule has 5 nitrogen and oxygen atoms in total. The van der Waals surface area contributed by atoms with E-state index in [0.29, 0.717) is 11.4 Å². The van der Waals surface area contributed by atoms with Crippen LogP contribution in [0.2, 0.25) is 0 Å². The van der Waals surface area contributed by atoms with E-state index in [-0.39, 0.29) is 5.91 Å². The predicted molar refractivity (Wildman–Crippen MR) is 106 cm³/mol. The number of rotatable bonds is 4. The summed E-state index contributed by atoms with van der Waals surface area (Å²) in [6, 6.07) is 18.5. The minimum absolute atomic E-state index is 0.0370. The molecule has 0 N–H and O–H groups in total. The van der Waals surface area contributed by atoms with Gasteiger partial charge >= 0.3 is 0 Å². The van der Waals surface area contributed by atoms with Crippen molar-refractivity contribution in [2.75, 3.05) is 33.3 Å². The van der Waals surface area contributed by atoms with Crippen LogP contribution >= 0.6 is 0 Å². The summed E-state index contributed by atoms with van der Waals surface area (Å²) in [6.07, 6.45) is 1.59. The third kappa shape index (κ3) is 3.78. The number of pyridine rings is 1. The molecule has 0 radical (unpaired) electrons. The van der Waals surface area contributed by atoms with E-state index in [1.54, 1.807) is 25.4 Å². The third-order valence-electron chi connectivity index (χ3n) is 5.13. The summed E-state index contributed by atoms with van der Waals surface area (Å²) in [5, 5.41) is 2.58. The molecule has 1 aromatic heterocycles. The van der Waals surface area contributed by atoms with Crippen molar-refractivity contribution < 1.29 is 9.53 Å². The van der Waals surface area contributed by atoms with Crippen LogP contribution < -0.4 is 4.74 Å². The number of hydrogen-bond acceptors (Lipinski definition) is 4. The Kier molecular flexibility index (Phi) is 5.03. The molecular weight excluding hydrogens is 338 g/mol. The highest BCUT2D eigenvalue weighted by Gasteiger charge is 2.22. The van der Waals surface area contributed by atoms with Gasteiger partial charge in [0.1, 0.15) is 0 Å². The van der Waals surface area contributed by atoms with Crippen LogP contribution in [0.5, 0.6) is 5.88 Å². The average molecular weight is 361 g/mol. The summed E-state index contributed by atoms with van der Waals surface area (Å²) in [5.74, 6) is 0.557. The highest BCUT2D eigenvalue weighted by atomic mass is 16.5. The largest absolute Gasteiger partial charge is 0.481 e. The lowest BCUT2D eigenvalue weighted by molar-refractivity contribution is 0.0628. The molecule has 2 aromatic carbocycles. The van der Waals surface area contributed by atoms with Crippen LogP contribution in [0.25, 0.3) is 10.8 Å². The van der Waals surface area contributed by atoms with E-state index < -0.39 is 0 Å². The molecule has 1 fully saturated rings. The highest BCUT2D eigenvalue weighted by Crippen LogP contribution is 2.21. The number of carbonyl (C=O) groups excluding carboxylic acids is 1. The normalized spacial score (nSPS) is 15.1. The molecule has 4 rings (SSSR count). The van der Waals surface area contributed by atoms with Gasteiger partial charge in [-0.15, -0.1) is 0 Å². The molecule has 27 heavy (non-hydrogen) atoms. The monoisotopic (exact) mass is 361 g/mol. The lowest BCUT2D eigenvalue weighted by atomic mass is 10.0. The van der Waals surface area contributed by atoms with Gasteiger partial charge in [-0.05, 0) is 22.4 Å². The molecule has 0 unspecified atom stereocenters. The number of amides is 1. The zero-order valence-corrected chi connectivity index (χ0v) is 15.5. The number of nitrogens with zero attached hydrogens (tertiary/aromatic N) is 3. The third-order valence-corrected chi connectivity index (χ3v) is 5.13. The standard InChI is InChI=1S/C22H23N3O2/c1-27-21-10-9-18(15-23-21)22(26)25-13-11-24(12-14-25)16-19-7-4-6-17-5-2-3-8-20(17)19/h2-10,15H,11-14,16H2,1H3. The first-order valence-corrected chi connectivity index (χ1v) is 9.23. The molecule has 5 heteroatoms. The fraction of sp³-hybridized carbons (Fsp3) is 0.273. The van der Waals surface area contributed by atoms with E-state index >= 15 is 0 Å². The summed E-state index contributed by atoms with van der Waals surface area (Å²) in [5.41, 5.74) is 1.95. The molecule has 1 amide bonds. The van der Waals surface area contributed by atoms with Crippen molar-refractivity contribution in [1.82, 2.24) is 14.8 Å². The molecule has 0 saturated carbocycles. The zero-order valence-electron chi connectivity index (χ0n) is 15.5. The second-order valence-corrected chi connectivity index (χ2v) is 6.80. The fourth-order valence-electron chi connectivity index (χ4n) is 3.59. The van der Waals surface area contributed by atoms with Crippen molar-refractivity contribution in [1.29, 1.82) is 0 Å². The number of fused-ring (bicyclic) bond motifs is 1. The molecule has 0 bridgehead atoms. The van der Waals surface area contributed by atoms with Gasteiger partial charge in [-0.1, -0.05) is 42.5 Å². The second kappa shape index (κ2) is 7.76. The van der Waals surface area contributed by atoms with Gasteiger partial charge in [0.2, 0.25) is 5.88 Å². The SMILES string of the molecule is COc1ccc(C(=O)N2CCN(Cc3cccc4ccccc34)CC2)cn1.